The molecule has 0 fully saturated rings. The van der Waals surface area contributed by atoms with Crippen LogP contribution in [0, 0.1) is 6.92 Å². The fourth-order valence-corrected chi connectivity index (χ4v) is 4.76. The van der Waals surface area contributed by atoms with Crippen LogP contribution in [0.1, 0.15) is 95.1 Å². The van der Waals surface area contributed by atoms with Gasteiger partial charge in [-0.3, -0.25) is 0 Å². The van der Waals surface area contributed by atoms with Gasteiger partial charge in [0.15, 0.2) is 10.8 Å². The third kappa shape index (κ3) is 8.21. The van der Waals surface area contributed by atoms with Crippen LogP contribution in [0.3, 0.4) is 0 Å². The van der Waals surface area contributed by atoms with Gasteiger partial charge < -0.3 is 9.13 Å². The Kier molecular flexibility index (Phi) is 10.9. The van der Waals surface area contributed by atoms with Crippen LogP contribution in [0.25, 0.3) is 11.2 Å². The van der Waals surface area contributed by atoms with Crippen LogP contribution in [0.5, 0.6) is 0 Å². The van der Waals surface area contributed by atoms with Crippen molar-refractivity contribution >= 4 is 34.4 Å². The summed E-state index contributed by atoms with van der Waals surface area (Å²) in [5.41, 5.74) is 1.38. The fraction of sp³-hybridized carbons (Fsp3) is 0.708. The molecule has 0 saturated heterocycles. The number of halogens is 2. The van der Waals surface area contributed by atoms with Gasteiger partial charge in [0, 0.05) is 20.0 Å². The molecule has 3 aromatic rings. The second-order valence-corrected chi connectivity index (χ2v) is 9.67. The van der Waals surface area contributed by atoms with Crippen molar-refractivity contribution in [2.24, 2.45) is 7.05 Å². The van der Waals surface area contributed by atoms with Gasteiger partial charge >= 0.3 is 0 Å². The van der Waals surface area contributed by atoms with E-state index in [4.69, 9.17) is 23.2 Å². The Labute approximate surface area is 207 Å². The summed E-state index contributed by atoms with van der Waals surface area (Å²) in [4.78, 5) is 12.8. The predicted octanol–water partition coefficient (Wildman–Crippen LogP) is 6.88. The van der Waals surface area contributed by atoms with Crippen molar-refractivity contribution in [3.63, 3.8) is 0 Å². The number of aryl methyl sites for hydroxylation is 4. The number of fused-ring (bicyclic) bond motifs is 1. The molecule has 0 unspecified atom stereocenters. The van der Waals surface area contributed by atoms with Gasteiger partial charge in [0.05, 0.1) is 0 Å². The molecule has 0 aliphatic carbocycles. The van der Waals surface area contributed by atoms with E-state index in [1.807, 2.05) is 18.5 Å². The molecule has 182 valence electrons. The number of nitrogens with zero attached hydrogens (tertiary/aromatic N) is 7. The summed E-state index contributed by atoms with van der Waals surface area (Å²) in [6.07, 6.45) is 19.8. The van der Waals surface area contributed by atoms with E-state index in [-0.39, 0.29) is 5.28 Å². The zero-order valence-electron chi connectivity index (χ0n) is 20.1. The Bertz CT molecular complexity index is 983. The summed E-state index contributed by atoms with van der Waals surface area (Å²) in [5.74, 6) is 2.01. The molecule has 3 aromatic heterocycles. The maximum atomic E-state index is 6.15. The molecule has 0 amide bonds. The molecule has 0 aliphatic heterocycles. The van der Waals surface area contributed by atoms with E-state index < -0.39 is 0 Å². The minimum atomic E-state index is 0.173. The molecule has 0 spiro atoms. The molecule has 0 aromatic carbocycles. The zero-order chi connectivity index (χ0) is 23.5. The van der Waals surface area contributed by atoms with Crippen LogP contribution in [0.15, 0.2) is 6.33 Å². The highest BCUT2D eigenvalue weighted by Gasteiger charge is 2.14. The monoisotopic (exact) mass is 493 g/mol. The Balaban J connectivity index is 1.14. The highest BCUT2D eigenvalue weighted by molar-refractivity contribution is 6.35. The smallest absolute Gasteiger partial charge is 0.225 e. The number of imidazole rings is 1. The predicted molar refractivity (Wildman–Crippen MR) is 135 cm³/mol. The van der Waals surface area contributed by atoms with Gasteiger partial charge in [-0.1, -0.05) is 82.2 Å². The second kappa shape index (κ2) is 13.9. The molecular weight excluding hydrogens is 457 g/mol. The quantitative estimate of drug-likeness (QED) is 0.123. The van der Waals surface area contributed by atoms with Gasteiger partial charge in [-0.2, -0.15) is 4.98 Å². The van der Waals surface area contributed by atoms with Crippen molar-refractivity contribution in [2.75, 3.05) is 0 Å². The van der Waals surface area contributed by atoms with Crippen LogP contribution < -0.4 is 0 Å². The lowest BCUT2D eigenvalue weighted by atomic mass is 10.0. The Hall–Kier alpha value is -1.73. The summed E-state index contributed by atoms with van der Waals surface area (Å²) in [6.45, 7) is 2.87. The molecular formula is C24H37Cl2N7. The van der Waals surface area contributed by atoms with Crippen LogP contribution in [-0.4, -0.2) is 34.3 Å². The lowest BCUT2D eigenvalue weighted by Gasteiger charge is -2.07. The second-order valence-electron chi connectivity index (χ2n) is 8.97. The van der Waals surface area contributed by atoms with E-state index in [0.717, 1.165) is 36.7 Å². The van der Waals surface area contributed by atoms with Crippen LogP contribution in [0.4, 0.5) is 0 Å². The third-order valence-corrected chi connectivity index (χ3v) is 6.74. The third-order valence-electron chi connectivity index (χ3n) is 6.30. The summed E-state index contributed by atoms with van der Waals surface area (Å²) in [5, 5.41) is 8.57. The van der Waals surface area contributed by atoms with Gasteiger partial charge in [-0.05, 0) is 31.4 Å². The van der Waals surface area contributed by atoms with Crippen molar-refractivity contribution in [2.45, 2.75) is 103 Å². The van der Waals surface area contributed by atoms with E-state index in [0.29, 0.717) is 10.7 Å². The Morgan fingerprint density at radius 3 is 1.91 bits per heavy atom. The Morgan fingerprint density at radius 1 is 0.758 bits per heavy atom. The Morgan fingerprint density at radius 2 is 1.33 bits per heavy atom. The molecule has 0 bridgehead atoms. The van der Waals surface area contributed by atoms with Crippen molar-refractivity contribution in [3.05, 3.63) is 28.4 Å². The molecule has 3 heterocycles. The maximum Gasteiger partial charge on any atom is 0.225 e. The van der Waals surface area contributed by atoms with Crippen LogP contribution in [-0.2, 0) is 20.0 Å². The van der Waals surface area contributed by atoms with Crippen LogP contribution >= 0.6 is 23.2 Å². The first kappa shape index (κ1) is 25.9. The molecule has 9 heteroatoms. The van der Waals surface area contributed by atoms with Crippen molar-refractivity contribution in [3.8, 4) is 0 Å². The summed E-state index contributed by atoms with van der Waals surface area (Å²) in [7, 11) is 2.02. The maximum absolute atomic E-state index is 6.15. The number of rotatable bonds is 16. The van der Waals surface area contributed by atoms with E-state index in [9.17, 15) is 0 Å². The lowest BCUT2D eigenvalue weighted by molar-refractivity contribution is 0.523. The minimum absolute atomic E-state index is 0.173. The van der Waals surface area contributed by atoms with Crippen molar-refractivity contribution < 1.29 is 0 Å². The molecule has 0 saturated carbocycles. The summed E-state index contributed by atoms with van der Waals surface area (Å²) < 4.78 is 4.12. The molecule has 7 nitrogen and oxygen atoms in total. The number of hydrogen-bond donors (Lipinski definition) is 0. The number of aromatic nitrogens is 7. The molecule has 3 rings (SSSR count). The summed E-state index contributed by atoms with van der Waals surface area (Å²) in [6, 6.07) is 0. The van der Waals surface area contributed by atoms with Gasteiger partial charge in [-0.25, -0.2) is 9.97 Å². The van der Waals surface area contributed by atoms with Gasteiger partial charge in [-0.15, -0.1) is 10.2 Å². The average molecular weight is 495 g/mol. The van der Waals surface area contributed by atoms with Crippen molar-refractivity contribution in [1.82, 2.24) is 34.3 Å². The number of hydrogen-bond acceptors (Lipinski definition) is 5. The molecule has 0 radical (unpaired) electrons. The van der Waals surface area contributed by atoms with E-state index in [2.05, 4.69) is 29.7 Å². The van der Waals surface area contributed by atoms with Gasteiger partial charge in [0.2, 0.25) is 5.28 Å². The first-order chi connectivity index (χ1) is 16.1. The molecule has 0 atom stereocenters. The highest BCUT2D eigenvalue weighted by atomic mass is 35.5. The normalized spacial score (nSPS) is 11.6. The lowest BCUT2D eigenvalue weighted by Crippen LogP contribution is -2.02. The zero-order valence-corrected chi connectivity index (χ0v) is 21.6. The van der Waals surface area contributed by atoms with E-state index >= 15 is 0 Å². The largest absolute Gasteiger partial charge is 0.321 e. The number of unbranched alkanes of at least 4 members (excludes halogenated alkanes) is 12. The molecule has 0 aliphatic rings. The molecule has 0 N–H and O–H groups in total. The van der Waals surface area contributed by atoms with Crippen molar-refractivity contribution in [1.29, 1.82) is 0 Å². The average Bonchev–Trinajstić information content (AvgIpc) is 3.33. The van der Waals surface area contributed by atoms with E-state index in [1.165, 1.54) is 77.0 Å². The van der Waals surface area contributed by atoms with Gasteiger partial charge in [0.25, 0.3) is 0 Å². The topological polar surface area (TPSA) is 74.3 Å². The first-order valence-corrected chi connectivity index (χ1v) is 13.2. The SMILES string of the molecule is Cc1nc2c(Cl)nc(Cl)nc2n1CCCCCCCCCCCCCCCc1nncn1C. The standard InChI is InChI=1S/C24H37Cl2N7/c1-19-28-21-22(25)29-24(26)30-23(21)33(19)17-15-13-11-9-7-5-3-4-6-8-10-12-14-16-20-31-27-18-32(20)2/h18H,3-17H2,1-2H3. The fourth-order valence-electron chi connectivity index (χ4n) is 4.35. The minimum Gasteiger partial charge on any atom is -0.321 e. The molecule has 33 heavy (non-hydrogen) atoms. The summed E-state index contributed by atoms with van der Waals surface area (Å²) >= 11 is 12.1. The first-order valence-electron chi connectivity index (χ1n) is 12.4. The van der Waals surface area contributed by atoms with Crippen LogP contribution in [0.2, 0.25) is 10.4 Å². The van der Waals surface area contributed by atoms with E-state index in [1.54, 1.807) is 6.33 Å². The highest BCUT2D eigenvalue weighted by Crippen LogP contribution is 2.23. The van der Waals surface area contributed by atoms with Gasteiger partial charge in [0.1, 0.15) is 23.5 Å².